The summed E-state index contributed by atoms with van der Waals surface area (Å²) in [5.74, 6) is -4.06. The third-order valence-electron chi connectivity index (χ3n) is 6.20. The van der Waals surface area contributed by atoms with Crippen LogP contribution in [-0.2, 0) is 30.4 Å². The number of nitrogens with two attached hydrogens (primary N) is 1. The fraction of sp³-hybridized carbons (Fsp3) is 0.357. The van der Waals surface area contributed by atoms with Crippen molar-refractivity contribution in [1.82, 2.24) is 26.1 Å². The van der Waals surface area contributed by atoms with Crippen molar-refractivity contribution >= 4 is 47.3 Å². The van der Waals surface area contributed by atoms with Crippen LogP contribution in [0.2, 0.25) is 0 Å². The van der Waals surface area contributed by atoms with Gasteiger partial charge in [0, 0.05) is 38.1 Å². The van der Waals surface area contributed by atoms with Crippen molar-refractivity contribution in [3.8, 4) is 11.1 Å². The number of halogens is 1. The van der Waals surface area contributed by atoms with Crippen molar-refractivity contribution in [1.29, 1.82) is 5.41 Å². The number of carboxylic acid groups (broad SMARTS) is 1. The molecular weight excluding hydrogens is 566 g/mol. The van der Waals surface area contributed by atoms with Gasteiger partial charge in [-0.1, -0.05) is 54.6 Å². The Morgan fingerprint density at radius 3 is 2.02 bits per heavy atom. The Labute approximate surface area is 248 Å². The number of hydrogen-bond acceptors (Lipinski definition) is 6. The van der Waals surface area contributed by atoms with E-state index in [9.17, 15) is 24.0 Å². The van der Waals surface area contributed by atoms with Gasteiger partial charge in [0.25, 0.3) is 0 Å². The van der Waals surface area contributed by atoms with Gasteiger partial charge in [0.15, 0.2) is 0 Å². The predicted octanol–water partition coefficient (Wildman–Crippen LogP) is 0.768. The zero-order valence-corrected chi connectivity index (χ0v) is 23.9. The maximum atomic E-state index is 13.4. The third kappa shape index (κ3) is 11.8. The van der Waals surface area contributed by atoms with Crippen molar-refractivity contribution in [3.05, 3.63) is 60.2 Å². The fourth-order valence-corrected chi connectivity index (χ4v) is 4.14. The number of carboxylic acids is 1. The van der Waals surface area contributed by atoms with E-state index in [1.807, 2.05) is 54.6 Å². The van der Waals surface area contributed by atoms with E-state index in [2.05, 4.69) is 26.1 Å². The van der Waals surface area contributed by atoms with Crippen LogP contribution in [0.25, 0.3) is 11.1 Å². The molecule has 0 fully saturated rings. The summed E-state index contributed by atoms with van der Waals surface area (Å²) in [6.07, 6.45) is -0.0473. The number of carbonyl (C=O) groups excluding carboxylic acids is 4. The highest BCUT2D eigenvalue weighted by molar-refractivity contribution is 6.21. The summed E-state index contributed by atoms with van der Waals surface area (Å²) in [6.45, 7) is 1.46. The second-order valence-electron chi connectivity index (χ2n) is 9.52. The molecule has 2 aromatic rings. The molecule has 13 nitrogen and oxygen atoms in total. The quantitative estimate of drug-likeness (QED) is 0.0593. The minimum atomic E-state index is -1.20. The Balaban J connectivity index is 2.23. The van der Waals surface area contributed by atoms with Gasteiger partial charge in [-0.05, 0) is 36.0 Å². The van der Waals surface area contributed by atoms with Crippen LogP contribution in [0.1, 0.15) is 38.2 Å². The summed E-state index contributed by atoms with van der Waals surface area (Å²) in [5, 5.41) is 26.7. The lowest BCUT2D eigenvalue weighted by Crippen LogP contribution is -2.57. The largest absolute Gasteiger partial charge is 0.481 e. The van der Waals surface area contributed by atoms with E-state index in [1.165, 1.54) is 6.92 Å². The second-order valence-corrected chi connectivity index (χ2v) is 9.70. The molecule has 0 bridgehead atoms. The molecule has 3 atom stereocenters. The molecule has 0 unspecified atom stereocenters. The van der Waals surface area contributed by atoms with Crippen LogP contribution >= 0.6 is 11.8 Å². The summed E-state index contributed by atoms with van der Waals surface area (Å²) in [4.78, 5) is 63.5. The molecular formula is C28H36ClN7O6. The van der Waals surface area contributed by atoms with Crippen molar-refractivity contribution in [2.24, 2.45) is 5.73 Å². The first kappa shape index (κ1) is 33.6. The lowest BCUT2D eigenvalue weighted by molar-refractivity contribution is -0.138. The number of rotatable bonds is 16. The van der Waals surface area contributed by atoms with Crippen LogP contribution in [0.5, 0.6) is 0 Å². The van der Waals surface area contributed by atoms with Crippen LogP contribution < -0.4 is 31.8 Å². The van der Waals surface area contributed by atoms with Gasteiger partial charge in [0.1, 0.15) is 18.1 Å². The zero-order chi connectivity index (χ0) is 31.1. The molecule has 0 aliphatic heterocycles. The molecule has 0 aromatic heterocycles. The molecule has 0 saturated heterocycles. The Kier molecular flexibility index (Phi) is 13.8. The maximum absolute atomic E-state index is 13.4. The lowest BCUT2D eigenvalue weighted by Gasteiger charge is -2.25. The summed E-state index contributed by atoms with van der Waals surface area (Å²) in [6, 6.07) is 13.6. The van der Waals surface area contributed by atoms with E-state index in [0.29, 0.717) is 12.0 Å². The van der Waals surface area contributed by atoms with Crippen LogP contribution in [0.15, 0.2) is 54.6 Å². The van der Waals surface area contributed by atoms with E-state index < -0.39 is 47.7 Å². The van der Waals surface area contributed by atoms with E-state index in [-0.39, 0.29) is 38.2 Å². The van der Waals surface area contributed by atoms with Gasteiger partial charge in [0.05, 0.1) is 0 Å². The topological polar surface area (TPSA) is 216 Å². The maximum Gasteiger partial charge on any atom is 0.303 e. The molecule has 0 aliphatic carbocycles. The molecule has 42 heavy (non-hydrogen) atoms. The zero-order valence-electron chi connectivity index (χ0n) is 23.1. The summed E-state index contributed by atoms with van der Waals surface area (Å²) >= 11 is 5.33. The van der Waals surface area contributed by atoms with E-state index in [0.717, 1.165) is 11.1 Å². The number of aliphatic carboxylic acids is 1. The molecule has 226 valence electrons. The first-order chi connectivity index (χ1) is 20.0. The van der Waals surface area contributed by atoms with Crippen LogP contribution in [0, 0.1) is 5.41 Å². The minimum absolute atomic E-state index is 0.0317. The van der Waals surface area contributed by atoms with Crippen molar-refractivity contribution in [3.63, 3.8) is 0 Å². The average Bonchev–Trinajstić information content (AvgIpc) is 2.96. The summed E-state index contributed by atoms with van der Waals surface area (Å²) in [7, 11) is 0. The first-order valence-electron chi connectivity index (χ1n) is 13.2. The summed E-state index contributed by atoms with van der Waals surface area (Å²) in [5.41, 5.74) is 8.15. The first-order valence-corrected chi connectivity index (χ1v) is 13.6. The van der Waals surface area contributed by atoms with E-state index in [4.69, 9.17) is 28.0 Å². The predicted molar refractivity (Wildman–Crippen MR) is 157 cm³/mol. The molecule has 0 spiro atoms. The number of guanidine groups is 1. The molecule has 14 heteroatoms. The van der Waals surface area contributed by atoms with Gasteiger partial charge in [-0.2, -0.15) is 0 Å². The molecule has 0 saturated carbocycles. The number of benzene rings is 2. The highest BCUT2D eigenvalue weighted by atomic mass is 35.5. The molecule has 4 amide bonds. The van der Waals surface area contributed by atoms with Crippen molar-refractivity contribution < 1.29 is 29.1 Å². The van der Waals surface area contributed by atoms with Gasteiger partial charge in [-0.3, -0.25) is 34.2 Å². The number of amides is 4. The van der Waals surface area contributed by atoms with E-state index in [1.54, 1.807) is 0 Å². The minimum Gasteiger partial charge on any atom is -0.481 e. The fourth-order valence-electron chi connectivity index (χ4n) is 4.07. The number of carbonyl (C=O) groups is 5. The Morgan fingerprint density at radius 1 is 0.857 bits per heavy atom. The second kappa shape index (κ2) is 17.2. The average molecular weight is 602 g/mol. The van der Waals surface area contributed by atoms with Crippen LogP contribution in [0.4, 0.5) is 0 Å². The number of hydrogen-bond donors (Lipinski definition) is 8. The van der Waals surface area contributed by atoms with Gasteiger partial charge in [-0.25, -0.2) is 0 Å². The number of nitrogens with one attached hydrogen (secondary N) is 6. The monoisotopic (exact) mass is 601 g/mol. The Bertz CT molecular complexity index is 1240. The molecule has 2 rings (SSSR count). The molecule has 2 aromatic carbocycles. The standard InChI is InChI=1S/C28H36ClN7O6/c1-17(37)33-22(13-14-24(38)39)26(41)35-23(16-18-9-11-20(12-10-18)19-6-3-2-4-7-19)27(42)34-21(25(30)40)8-5-15-32-28(31)36-29/h2-4,6-7,9-12,21-23H,5,8,13-16H2,1H3,(H2,30,40)(H,33,37)(H,34,42)(H,35,41)(H,38,39)(H3,31,32,36)/t21-,22-,23-/m1/s1. The van der Waals surface area contributed by atoms with E-state index >= 15 is 0 Å². The highest BCUT2D eigenvalue weighted by Crippen LogP contribution is 2.20. The van der Waals surface area contributed by atoms with Gasteiger partial charge < -0.3 is 32.1 Å². The van der Waals surface area contributed by atoms with Crippen molar-refractivity contribution in [2.45, 2.75) is 57.2 Å². The van der Waals surface area contributed by atoms with Gasteiger partial charge in [0.2, 0.25) is 29.6 Å². The SMILES string of the molecule is CC(=O)N[C@H](CCC(=O)O)C(=O)N[C@H](Cc1ccc(-c2ccccc2)cc1)C(=O)N[C@H](CCCNC(=N)NCl)C(N)=O. The smallest absolute Gasteiger partial charge is 0.303 e. The van der Waals surface area contributed by atoms with Gasteiger partial charge in [-0.15, -0.1) is 0 Å². The normalized spacial score (nSPS) is 12.6. The third-order valence-corrected chi connectivity index (χ3v) is 6.39. The Morgan fingerprint density at radius 2 is 1.45 bits per heavy atom. The Hall–Kier alpha value is -4.65. The summed E-state index contributed by atoms with van der Waals surface area (Å²) < 4.78 is 0. The molecule has 0 heterocycles. The van der Waals surface area contributed by atoms with Crippen molar-refractivity contribution in [2.75, 3.05) is 6.54 Å². The number of primary amides is 1. The molecule has 0 aliphatic rings. The molecule has 9 N–H and O–H groups in total. The lowest BCUT2D eigenvalue weighted by atomic mass is 9.99. The van der Waals surface area contributed by atoms with Gasteiger partial charge >= 0.3 is 5.97 Å². The van der Waals surface area contributed by atoms with Crippen LogP contribution in [-0.4, -0.2) is 65.3 Å². The van der Waals surface area contributed by atoms with Crippen LogP contribution in [0.3, 0.4) is 0 Å². The highest BCUT2D eigenvalue weighted by Gasteiger charge is 2.29. The molecule has 0 radical (unpaired) electrons.